The van der Waals surface area contributed by atoms with Crippen LogP contribution in [-0.2, 0) is 0 Å². The molecule has 0 radical (unpaired) electrons. The molecule has 2 aromatic heterocycles. The molecule has 11 aromatic rings. The van der Waals surface area contributed by atoms with E-state index in [4.69, 9.17) is 0 Å². The molecule has 0 spiro atoms. The van der Waals surface area contributed by atoms with Gasteiger partial charge in [0.2, 0.25) is 0 Å². The Hall–Kier alpha value is -5.80. The van der Waals surface area contributed by atoms with E-state index in [2.05, 4.69) is 146 Å². The van der Waals surface area contributed by atoms with Crippen molar-refractivity contribution in [2.24, 2.45) is 0 Å². The van der Waals surface area contributed by atoms with Gasteiger partial charge in [-0.2, -0.15) is 0 Å². The fraction of sp³-hybridized carbons (Fsp3) is 0. The highest BCUT2D eigenvalue weighted by Crippen LogP contribution is 2.48. The van der Waals surface area contributed by atoms with Gasteiger partial charge in [0.15, 0.2) is 0 Å². The van der Waals surface area contributed by atoms with E-state index < -0.39 is 0 Å². The molecule has 2 aliphatic rings. The van der Waals surface area contributed by atoms with Crippen LogP contribution in [0.5, 0.6) is 0 Å². The third kappa shape index (κ3) is 3.05. The molecular weight excluding hydrogens is 641 g/mol. The second kappa shape index (κ2) is 9.05. The predicted molar refractivity (Wildman–Crippen MR) is 213 cm³/mol. The molecule has 50 heavy (non-hydrogen) atoms. The van der Waals surface area contributed by atoms with Crippen LogP contribution in [0.1, 0.15) is 0 Å². The monoisotopic (exact) mass is 664 g/mol. The van der Waals surface area contributed by atoms with Gasteiger partial charge < -0.3 is 0 Å². The molecule has 0 N–H and O–H groups in total. The zero-order chi connectivity index (χ0) is 32.2. The smallest absolute Gasteiger partial charge is 0.0440 e. The Balaban J connectivity index is 1.17. The van der Waals surface area contributed by atoms with Crippen molar-refractivity contribution in [2.45, 2.75) is 0 Å². The number of benzene rings is 9. The maximum absolute atomic E-state index is 2.46. The molecule has 0 bridgehead atoms. The molecule has 0 saturated carbocycles. The lowest BCUT2D eigenvalue weighted by Crippen LogP contribution is -1.91. The molecule has 0 saturated heterocycles. The molecule has 2 aliphatic carbocycles. The van der Waals surface area contributed by atoms with E-state index in [1.807, 2.05) is 22.7 Å². The molecule has 13 rings (SSSR count). The molecule has 228 valence electrons. The SMILES string of the molecule is c1ccc(-c2ccc(-c3cc4c(s3)=c3ccc5c6ccc7c8c(ccc(c86)c6c8ccccc8c=4c3c56)=c3c=7sc4ccccc34)cc2)cc1. The average Bonchev–Trinajstić information content (AvgIpc) is 3.93. The van der Waals surface area contributed by atoms with Crippen molar-refractivity contribution >= 4 is 86.6 Å². The number of fused-ring (bicyclic) bond motifs is 9. The van der Waals surface area contributed by atoms with Gasteiger partial charge in [0.05, 0.1) is 0 Å². The van der Waals surface area contributed by atoms with E-state index in [0.717, 1.165) is 0 Å². The van der Waals surface area contributed by atoms with E-state index in [0.29, 0.717) is 0 Å². The highest BCUT2D eigenvalue weighted by molar-refractivity contribution is 7.17. The zero-order valence-electron chi connectivity index (χ0n) is 26.7. The van der Waals surface area contributed by atoms with Crippen LogP contribution in [0.25, 0.3) is 85.5 Å². The Morgan fingerprint density at radius 1 is 0.300 bits per heavy atom. The van der Waals surface area contributed by atoms with Crippen LogP contribution in [0.3, 0.4) is 0 Å². The van der Waals surface area contributed by atoms with Crippen molar-refractivity contribution in [3.63, 3.8) is 0 Å². The van der Waals surface area contributed by atoms with E-state index in [-0.39, 0.29) is 0 Å². The summed E-state index contributed by atoms with van der Waals surface area (Å²) in [7, 11) is 0. The highest BCUT2D eigenvalue weighted by Gasteiger charge is 2.23. The van der Waals surface area contributed by atoms with E-state index in [1.54, 1.807) is 0 Å². The molecule has 0 amide bonds. The largest absolute Gasteiger partial charge is 0.135 e. The van der Waals surface area contributed by atoms with Crippen LogP contribution in [0, 0.1) is 40.4 Å². The first-order chi connectivity index (χ1) is 24.8. The van der Waals surface area contributed by atoms with Crippen molar-refractivity contribution in [3.8, 4) is 21.6 Å². The van der Waals surface area contributed by atoms with Crippen LogP contribution in [0.4, 0.5) is 0 Å². The average molecular weight is 665 g/mol. The van der Waals surface area contributed by atoms with Crippen molar-refractivity contribution in [2.75, 3.05) is 0 Å². The second-order valence-corrected chi connectivity index (χ2v) is 16.0. The summed E-state index contributed by atoms with van der Waals surface area (Å²) in [6, 6.07) is 54.8. The minimum absolute atomic E-state index is 1.25. The lowest BCUT2D eigenvalue weighted by Gasteiger charge is -2.17. The van der Waals surface area contributed by atoms with Crippen LogP contribution in [-0.4, -0.2) is 0 Å². The van der Waals surface area contributed by atoms with Gasteiger partial charge in [0.25, 0.3) is 0 Å². The minimum atomic E-state index is 1.25. The molecule has 0 nitrogen and oxygen atoms in total. The lowest BCUT2D eigenvalue weighted by atomic mass is 9.85. The molecular formula is C48H24S2. The molecule has 0 aliphatic heterocycles. The van der Waals surface area contributed by atoms with Gasteiger partial charge in [-0.3, -0.25) is 0 Å². The van der Waals surface area contributed by atoms with E-state index in [1.165, 1.54) is 126 Å². The molecule has 9 aromatic carbocycles. The van der Waals surface area contributed by atoms with Gasteiger partial charge >= 0.3 is 0 Å². The van der Waals surface area contributed by atoms with Gasteiger partial charge in [0.1, 0.15) is 0 Å². The summed E-state index contributed by atoms with van der Waals surface area (Å²) in [5.74, 6) is 0. The summed E-state index contributed by atoms with van der Waals surface area (Å²) in [5, 5.41) is 23.7. The van der Waals surface area contributed by atoms with Gasteiger partial charge in [-0.25, -0.2) is 0 Å². The summed E-state index contributed by atoms with van der Waals surface area (Å²) < 4.78 is 4.19. The topological polar surface area (TPSA) is 0 Å². The summed E-state index contributed by atoms with van der Waals surface area (Å²) in [5.41, 5.74) is 3.78. The molecule has 0 unspecified atom stereocenters. The first-order valence-electron chi connectivity index (χ1n) is 17.3. The lowest BCUT2D eigenvalue weighted by molar-refractivity contribution is 1.61. The first-order valence-corrected chi connectivity index (χ1v) is 18.9. The van der Waals surface area contributed by atoms with Crippen molar-refractivity contribution in [3.05, 3.63) is 186 Å². The Bertz CT molecular complexity index is 3740. The summed E-state index contributed by atoms with van der Waals surface area (Å²) in [6.45, 7) is 0. The van der Waals surface area contributed by atoms with Crippen LogP contribution < -0.4 is 0 Å². The van der Waals surface area contributed by atoms with Gasteiger partial charge in [0, 0.05) is 50.3 Å². The fourth-order valence-electron chi connectivity index (χ4n) is 9.49. The Morgan fingerprint density at radius 2 is 0.900 bits per heavy atom. The number of rotatable bonds is 2. The predicted octanol–water partition coefficient (Wildman–Crippen LogP) is 13.3. The molecule has 0 atom stereocenters. The van der Waals surface area contributed by atoms with Crippen molar-refractivity contribution < 1.29 is 0 Å². The maximum Gasteiger partial charge on any atom is 0.0440 e. The standard InChI is InChI=1S/C48H24S2/c1-2-8-25(9-3-1)26-14-16-27(17-15-26)39-24-37-42-29-11-5-4-10-28(29)41-33-20-21-34-43-35(48-44(34)32-12-6-7-13-38(32)49-48)22-18-30(40(33)43)31-19-23-36(47(37)50-39)46(42)45(31)41/h1-24H. The molecule has 2 heterocycles. The fourth-order valence-corrected chi connectivity index (χ4v) is 11.9. The minimum Gasteiger partial charge on any atom is -0.135 e. The Labute approximate surface area is 292 Å². The van der Waals surface area contributed by atoms with Gasteiger partial charge in [-0.1, -0.05) is 133 Å². The van der Waals surface area contributed by atoms with E-state index >= 15 is 0 Å². The first kappa shape index (κ1) is 26.1. The van der Waals surface area contributed by atoms with Crippen molar-refractivity contribution in [1.82, 2.24) is 0 Å². The third-order valence-electron chi connectivity index (χ3n) is 11.5. The number of hydrogen-bond donors (Lipinski definition) is 0. The summed E-state index contributed by atoms with van der Waals surface area (Å²) in [4.78, 5) is 1.33. The zero-order valence-corrected chi connectivity index (χ0v) is 28.3. The normalized spacial score (nSPS) is 12.8. The Kier molecular flexibility index (Phi) is 4.73. The quantitative estimate of drug-likeness (QED) is 0.127. The van der Waals surface area contributed by atoms with Crippen LogP contribution >= 0.6 is 22.7 Å². The van der Waals surface area contributed by atoms with Crippen molar-refractivity contribution in [1.29, 1.82) is 0 Å². The number of thiophene rings is 2. The van der Waals surface area contributed by atoms with Gasteiger partial charge in [-0.05, 0) is 87.7 Å². The summed E-state index contributed by atoms with van der Waals surface area (Å²) >= 11 is 3.88. The Morgan fingerprint density at radius 3 is 1.74 bits per heavy atom. The second-order valence-electron chi connectivity index (χ2n) is 13.9. The number of hydrogen-bond acceptors (Lipinski definition) is 2. The van der Waals surface area contributed by atoms with Crippen LogP contribution in [0.2, 0.25) is 0 Å². The van der Waals surface area contributed by atoms with E-state index in [9.17, 15) is 0 Å². The summed E-state index contributed by atoms with van der Waals surface area (Å²) in [6.07, 6.45) is 0. The maximum atomic E-state index is 2.46. The molecule has 2 heteroatoms. The highest BCUT2D eigenvalue weighted by atomic mass is 32.1. The molecule has 0 fully saturated rings. The van der Waals surface area contributed by atoms with Gasteiger partial charge in [-0.15, -0.1) is 22.7 Å². The third-order valence-corrected chi connectivity index (χ3v) is 13.9. The van der Waals surface area contributed by atoms with Crippen LogP contribution in [0.15, 0.2) is 146 Å².